The van der Waals surface area contributed by atoms with Crippen LogP contribution in [0.5, 0.6) is 5.75 Å². The number of ether oxygens (including phenoxy) is 1. The van der Waals surface area contributed by atoms with Crippen molar-refractivity contribution in [1.82, 2.24) is 15.2 Å². The Labute approximate surface area is 173 Å². The highest BCUT2D eigenvalue weighted by atomic mass is 32.2. The molecule has 0 saturated heterocycles. The Morgan fingerprint density at radius 1 is 0.931 bits per heavy atom. The fourth-order valence-electron chi connectivity index (χ4n) is 2.94. The number of nitrogens with one attached hydrogen (secondary N) is 1. The van der Waals surface area contributed by atoms with Gasteiger partial charge in [-0.25, -0.2) is 4.98 Å². The molecule has 1 unspecified atom stereocenters. The van der Waals surface area contributed by atoms with Gasteiger partial charge in [0.25, 0.3) is 0 Å². The summed E-state index contributed by atoms with van der Waals surface area (Å²) in [4.78, 5) is 17.8. The normalized spacial score (nSPS) is 11.8. The highest BCUT2D eigenvalue weighted by molar-refractivity contribution is 8.00. The van der Waals surface area contributed by atoms with Crippen molar-refractivity contribution in [2.24, 2.45) is 0 Å². The van der Waals surface area contributed by atoms with Gasteiger partial charge in [0.1, 0.15) is 11.0 Å². The van der Waals surface area contributed by atoms with Crippen molar-refractivity contribution in [1.29, 1.82) is 0 Å². The number of rotatable bonds is 7. The van der Waals surface area contributed by atoms with Crippen molar-refractivity contribution < 1.29 is 9.53 Å². The molecule has 1 heterocycles. The minimum atomic E-state index is -0.432. The minimum Gasteiger partial charge on any atom is -0.497 e. The average molecular weight is 401 g/mol. The van der Waals surface area contributed by atoms with Gasteiger partial charge in [-0.15, -0.1) is 5.10 Å². The summed E-state index contributed by atoms with van der Waals surface area (Å²) in [6.07, 6.45) is 0. The number of methoxy groups -OCH3 is 1. The second-order valence-corrected chi connectivity index (χ2v) is 7.41. The molecule has 1 N–H and O–H groups in total. The van der Waals surface area contributed by atoms with Crippen LogP contribution in [0.25, 0.3) is 11.4 Å². The van der Waals surface area contributed by atoms with E-state index in [1.807, 2.05) is 84.9 Å². The molecule has 0 spiro atoms. The standard InChI is InChI=1S/C23H19N3O2S/c1-28-19-14-12-18(13-15-19)22-24-23(26-25-22)29-21(17-10-6-3-7-11-17)20(27)16-8-4-2-5-9-16/h2-15,21H,1H3,(H,24,25,26). The lowest BCUT2D eigenvalue weighted by atomic mass is 10.0. The topological polar surface area (TPSA) is 67.9 Å². The maximum Gasteiger partial charge on any atom is 0.209 e. The fourth-order valence-corrected chi connectivity index (χ4v) is 3.93. The smallest absolute Gasteiger partial charge is 0.209 e. The van der Waals surface area contributed by atoms with Crippen LogP contribution in [0.4, 0.5) is 0 Å². The first-order valence-corrected chi connectivity index (χ1v) is 10.0. The third-order valence-electron chi connectivity index (χ3n) is 4.45. The molecule has 4 aromatic rings. The van der Waals surface area contributed by atoms with Crippen LogP contribution in [-0.2, 0) is 0 Å². The summed E-state index contributed by atoms with van der Waals surface area (Å²) in [7, 11) is 1.63. The van der Waals surface area contributed by atoms with E-state index in [1.165, 1.54) is 11.8 Å². The summed E-state index contributed by atoms with van der Waals surface area (Å²) in [5, 5.41) is 7.37. The number of Topliss-reactive ketones (excluding diaryl/α,β-unsaturated/α-hetero) is 1. The van der Waals surface area contributed by atoms with Gasteiger partial charge in [0.05, 0.1) is 7.11 Å². The second-order valence-electron chi connectivity index (χ2n) is 6.33. The lowest BCUT2D eigenvalue weighted by molar-refractivity contribution is 0.0989. The van der Waals surface area contributed by atoms with E-state index in [0.29, 0.717) is 16.5 Å². The van der Waals surface area contributed by atoms with E-state index in [4.69, 9.17) is 4.74 Å². The average Bonchev–Trinajstić information content (AvgIpc) is 3.27. The van der Waals surface area contributed by atoms with E-state index in [-0.39, 0.29) is 5.78 Å². The van der Waals surface area contributed by atoms with Crippen LogP contribution in [0.2, 0.25) is 0 Å². The maximum atomic E-state index is 13.2. The molecule has 0 aliphatic rings. The van der Waals surface area contributed by atoms with Crippen LogP contribution >= 0.6 is 11.8 Å². The van der Waals surface area contributed by atoms with Crippen LogP contribution < -0.4 is 4.74 Å². The van der Waals surface area contributed by atoms with Gasteiger partial charge in [-0.1, -0.05) is 72.4 Å². The molecule has 0 saturated carbocycles. The molecule has 0 radical (unpaired) electrons. The SMILES string of the molecule is COc1ccc(-c2nc(SC(C(=O)c3ccccc3)c3ccccc3)n[nH]2)cc1. The molecule has 0 amide bonds. The molecule has 0 bridgehead atoms. The summed E-state index contributed by atoms with van der Waals surface area (Å²) in [5.41, 5.74) is 2.48. The van der Waals surface area contributed by atoms with E-state index in [2.05, 4.69) is 15.2 Å². The third-order valence-corrected chi connectivity index (χ3v) is 5.57. The predicted octanol–water partition coefficient (Wildman–Crippen LogP) is 5.20. The van der Waals surface area contributed by atoms with E-state index >= 15 is 0 Å². The molecule has 1 atom stereocenters. The molecule has 0 aliphatic heterocycles. The van der Waals surface area contributed by atoms with Gasteiger partial charge in [-0.2, -0.15) is 0 Å². The summed E-state index contributed by atoms with van der Waals surface area (Å²) < 4.78 is 5.19. The molecule has 0 aliphatic carbocycles. The number of ketones is 1. The number of aromatic nitrogens is 3. The van der Waals surface area contributed by atoms with Gasteiger partial charge in [0, 0.05) is 11.1 Å². The maximum absolute atomic E-state index is 13.2. The van der Waals surface area contributed by atoms with Crippen molar-refractivity contribution in [2.45, 2.75) is 10.4 Å². The molecule has 29 heavy (non-hydrogen) atoms. The van der Waals surface area contributed by atoms with E-state index in [9.17, 15) is 4.79 Å². The molecule has 0 fully saturated rings. The molecule has 1 aromatic heterocycles. The van der Waals surface area contributed by atoms with Gasteiger partial charge in [0.15, 0.2) is 11.6 Å². The Morgan fingerprint density at radius 3 is 2.24 bits per heavy atom. The number of aromatic amines is 1. The monoisotopic (exact) mass is 401 g/mol. The zero-order valence-electron chi connectivity index (χ0n) is 15.8. The first kappa shape index (κ1) is 19.0. The minimum absolute atomic E-state index is 0.0256. The van der Waals surface area contributed by atoms with Crippen molar-refractivity contribution in [3.05, 3.63) is 96.1 Å². The lowest BCUT2D eigenvalue weighted by Gasteiger charge is -2.14. The van der Waals surface area contributed by atoms with Gasteiger partial charge >= 0.3 is 0 Å². The van der Waals surface area contributed by atoms with E-state index in [1.54, 1.807) is 7.11 Å². The number of carbonyl (C=O) groups excluding carboxylic acids is 1. The highest BCUT2D eigenvalue weighted by Crippen LogP contribution is 2.36. The van der Waals surface area contributed by atoms with Gasteiger partial charge in [-0.3, -0.25) is 9.89 Å². The molecular formula is C23H19N3O2S. The predicted molar refractivity (Wildman–Crippen MR) is 114 cm³/mol. The molecular weight excluding hydrogens is 382 g/mol. The zero-order valence-corrected chi connectivity index (χ0v) is 16.6. The van der Waals surface area contributed by atoms with Crippen LogP contribution in [0, 0.1) is 0 Å². The number of hydrogen-bond acceptors (Lipinski definition) is 5. The number of H-pyrrole nitrogens is 1. The van der Waals surface area contributed by atoms with Crippen LogP contribution in [0.3, 0.4) is 0 Å². The number of nitrogens with zero attached hydrogens (tertiary/aromatic N) is 2. The molecule has 6 heteroatoms. The van der Waals surface area contributed by atoms with Crippen LogP contribution in [0.15, 0.2) is 90.1 Å². The Kier molecular flexibility index (Phi) is 5.72. The molecule has 5 nitrogen and oxygen atoms in total. The zero-order chi connectivity index (χ0) is 20.1. The molecule has 144 valence electrons. The number of thioether (sulfide) groups is 1. The number of carbonyl (C=O) groups is 1. The largest absolute Gasteiger partial charge is 0.497 e. The third kappa shape index (κ3) is 4.38. The van der Waals surface area contributed by atoms with E-state index < -0.39 is 5.25 Å². The van der Waals surface area contributed by atoms with E-state index in [0.717, 1.165) is 16.9 Å². The summed E-state index contributed by atoms with van der Waals surface area (Å²) in [6.45, 7) is 0. The van der Waals surface area contributed by atoms with Crippen molar-refractivity contribution in [3.63, 3.8) is 0 Å². The Balaban J connectivity index is 1.61. The quantitative estimate of drug-likeness (QED) is 0.341. The second kappa shape index (κ2) is 8.75. The summed E-state index contributed by atoms with van der Waals surface area (Å²) in [6, 6.07) is 26.6. The van der Waals surface area contributed by atoms with Crippen molar-refractivity contribution in [2.75, 3.05) is 7.11 Å². The first-order valence-electron chi connectivity index (χ1n) is 9.12. The van der Waals surface area contributed by atoms with Gasteiger partial charge in [0.2, 0.25) is 5.16 Å². The highest BCUT2D eigenvalue weighted by Gasteiger charge is 2.25. The Hall–Kier alpha value is -3.38. The Bertz CT molecular complexity index is 1080. The van der Waals surface area contributed by atoms with Crippen LogP contribution in [-0.4, -0.2) is 28.1 Å². The fraction of sp³-hybridized carbons (Fsp3) is 0.0870. The molecule has 4 rings (SSSR count). The van der Waals surface area contributed by atoms with Crippen LogP contribution in [0.1, 0.15) is 21.2 Å². The Morgan fingerprint density at radius 2 is 1.59 bits per heavy atom. The molecule has 3 aromatic carbocycles. The van der Waals surface area contributed by atoms with Gasteiger partial charge in [-0.05, 0) is 29.8 Å². The first-order chi connectivity index (χ1) is 14.2. The van der Waals surface area contributed by atoms with Crippen molar-refractivity contribution >= 4 is 17.5 Å². The summed E-state index contributed by atoms with van der Waals surface area (Å²) in [5.74, 6) is 1.45. The lowest BCUT2D eigenvalue weighted by Crippen LogP contribution is -2.10. The van der Waals surface area contributed by atoms with Crippen molar-refractivity contribution in [3.8, 4) is 17.1 Å². The summed E-state index contributed by atoms with van der Waals surface area (Å²) >= 11 is 1.34. The number of hydrogen-bond donors (Lipinski definition) is 1. The van der Waals surface area contributed by atoms with Gasteiger partial charge < -0.3 is 4.74 Å². The number of benzene rings is 3.